The second kappa shape index (κ2) is 5.18. The largest absolute Gasteiger partial charge is 0.338 e. The number of carbonyl (C=O) groups is 1. The number of carbonyl (C=O) groups excluding carboxylic acids is 1. The first-order valence-corrected chi connectivity index (χ1v) is 7.23. The van der Waals surface area contributed by atoms with Crippen LogP contribution >= 0.6 is 0 Å². The third-order valence-corrected chi connectivity index (χ3v) is 3.85. The molecule has 1 amide bonds. The van der Waals surface area contributed by atoms with Crippen molar-refractivity contribution in [3.63, 3.8) is 0 Å². The summed E-state index contributed by atoms with van der Waals surface area (Å²) < 4.78 is 1.65. The first-order chi connectivity index (χ1) is 10.8. The first-order valence-electron chi connectivity index (χ1n) is 7.23. The Morgan fingerprint density at radius 3 is 2.68 bits per heavy atom. The van der Waals surface area contributed by atoms with Crippen LogP contribution in [0, 0.1) is 0 Å². The molecule has 4 rings (SSSR count). The number of likely N-dealkylation sites (tertiary alicyclic amines) is 1. The Balaban J connectivity index is 1.82. The minimum absolute atomic E-state index is 0.00343. The van der Waals surface area contributed by atoms with Crippen LogP contribution in [-0.2, 0) is 0 Å². The maximum atomic E-state index is 12.6. The first kappa shape index (κ1) is 12.9. The Morgan fingerprint density at radius 2 is 1.91 bits per heavy atom. The number of rotatable bonds is 2. The average molecular weight is 294 g/mol. The maximum absolute atomic E-state index is 12.6. The molecular formula is C15H14N6O. The Hall–Kier alpha value is -2.83. The number of fused-ring (bicyclic) bond motifs is 1. The van der Waals surface area contributed by atoms with Crippen molar-refractivity contribution >= 4 is 11.6 Å². The zero-order valence-electron chi connectivity index (χ0n) is 11.9. The van der Waals surface area contributed by atoms with Crippen molar-refractivity contribution in [2.75, 3.05) is 13.1 Å². The Bertz CT molecular complexity index is 822. The van der Waals surface area contributed by atoms with Crippen molar-refractivity contribution in [1.29, 1.82) is 0 Å². The van der Waals surface area contributed by atoms with E-state index in [9.17, 15) is 4.79 Å². The topological polar surface area (TPSA) is 76.3 Å². The summed E-state index contributed by atoms with van der Waals surface area (Å²) in [6.07, 6.45) is 10.3. The maximum Gasteiger partial charge on any atom is 0.259 e. The Kier molecular flexibility index (Phi) is 3.03. The van der Waals surface area contributed by atoms with Crippen LogP contribution in [-0.4, -0.2) is 48.5 Å². The number of nitrogens with zero attached hydrogens (tertiary/aromatic N) is 6. The van der Waals surface area contributed by atoms with Gasteiger partial charge in [0.05, 0.1) is 18.1 Å². The zero-order chi connectivity index (χ0) is 14.9. The van der Waals surface area contributed by atoms with Crippen LogP contribution in [0.15, 0.2) is 37.1 Å². The third kappa shape index (κ3) is 2.02. The highest BCUT2D eigenvalue weighted by Crippen LogP contribution is 2.20. The van der Waals surface area contributed by atoms with E-state index in [1.54, 1.807) is 35.5 Å². The van der Waals surface area contributed by atoms with Crippen LogP contribution in [0.1, 0.15) is 23.2 Å². The molecule has 0 unspecified atom stereocenters. The number of amides is 1. The second-order valence-corrected chi connectivity index (χ2v) is 5.21. The van der Waals surface area contributed by atoms with Gasteiger partial charge in [-0.05, 0) is 18.9 Å². The normalized spacial score (nSPS) is 14.6. The molecule has 0 atom stereocenters. The Morgan fingerprint density at radius 1 is 1.05 bits per heavy atom. The average Bonchev–Trinajstić information content (AvgIpc) is 3.24. The monoisotopic (exact) mass is 294 g/mol. The fraction of sp³-hybridized carbons (Fsp3) is 0.267. The summed E-state index contributed by atoms with van der Waals surface area (Å²) >= 11 is 0. The van der Waals surface area contributed by atoms with Gasteiger partial charge in [0, 0.05) is 31.7 Å². The number of hydrogen-bond donors (Lipinski definition) is 0. The molecule has 7 nitrogen and oxygen atoms in total. The lowest BCUT2D eigenvalue weighted by molar-refractivity contribution is 0.0794. The van der Waals surface area contributed by atoms with Gasteiger partial charge >= 0.3 is 0 Å². The number of hydrogen-bond acceptors (Lipinski definition) is 5. The SMILES string of the molecule is O=C(c1cnn2c(-c3cnccn3)ccnc12)N1CCCC1. The van der Waals surface area contributed by atoms with Crippen LogP contribution in [0.4, 0.5) is 0 Å². The van der Waals surface area contributed by atoms with Crippen molar-refractivity contribution in [3.8, 4) is 11.4 Å². The molecule has 0 radical (unpaired) electrons. The molecule has 3 aromatic rings. The summed E-state index contributed by atoms with van der Waals surface area (Å²) in [5.41, 5.74) is 2.55. The van der Waals surface area contributed by atoms with E-state index in [2.05, 4.69) is 20.1 Å². The molecule has 1 aliphatic rings. The van der Waals surface area contributed by atoms with Crippen LogP contribution in [0.5, 0.6) is 0 Å². The highest BCUT2D eigenvalue weighted by atomic mass is 16.2. The van der Waals surface area contributed by atoms with Crippen molar-refractivity contribution in [1.82, 2.24) is 29.5 Å². The minimum Gasteiger partial charge on any atom is -0.338 e. The predicted molar refractivity (Wildman–Crippen MR) is 79.2 cm³/mol. The molecular weight excluding hydrogens is 280 g/mol. The van der Waals surface area contributed by atoms with Gasteiger partial charge in [0.25, 0.3) is 5.91 Å². The zero-order valence-corrected chi connectivity index (χ0v) is 11.9. The lowest BCUT2D eigenvalue weighted by Crippen LogP contribution is -2.27. The molecule has 7 heteroatoms. The second-order valence-electron chi connectivity index (χ2n) is 5.21. The molecule has 0 aliphatic carbocycles. The van der Waals surface area contributed by atoms with Crippen LogP contribution in [0.25, 0.3) is 17.0 Å². The minimum atomic E-state index is -0.00343. The van der Waals surface area contributed by atoms with Crippen molar-refractivity contribution in [2.24, 2.45) is 0 Å². The quantitative estimate of drug-likeness (QED) is 0.714. The summed E-state index contributed by atoms with van der Waals surface area (Å²) in [7, 11) is 0. The summed E-state index contributed by atoms with van der Waals surface area (Å²) in [4.78, 5) is 27.1. The molecule has 3 aromatic heterocycles. The summed E-state index contributed by atoms with van der Waals surface area (Å²) in [5, 5.41) is 4.33. The fourth-order valence-electron chi connectivity index (χ4n) is 2.76. The predicted octanol–water partition coefficient (Wildman–Crippen LogP) is 1.42. The highest BCUT2D eigenvalue weighted by molar-refractivity contribution is 6.00. The van der Waals surface area contributed by atoms with E-state index < -0.39 is 0 Å². The molecule has 0 bridgehead atoms. The molecule has 4 heterocycles. The van der Waals surface area contributed by atoms with Gasteiger partial charge in [-0.15, -0.1) is 0 Å². The van der Waals surface area contributed by atoms with E-state index in [1.807, 2.05) is 11.0 Å². The van der Waals surface area contributed by atoms with E-state index in [1.165, 1.54) is 0 Å². The van der Waals surface area contributed by atoms with Gasteiger partial charge in [0.15, 0.2) is 5.65 Å². The van der Waals surface area contributed by atoms with Gasteiger partial charge in [-0.3, -0.25) is 14.8 Å². The lowest BCUT2D eigenvalue weighted by atomic mass is 10.2. The van der Waals surface area contributed by atoms with Crippen LogP contribution < -0.4 is 0 Å². The smallest absolute Gasteiger partial charge is 0.259 e. The van der Waals surface area contributed by atoms with E-state index in [4.69, 9.17) is 0 Å². The van der Waals surface area contributed by atoms with Crippen molar-refractivity contribution < 1.29 is 4.79 Å². The van der Waals surface area contributed by atoms with E-state index in [0.717, 1.165) is 31.6 Å². The summed E-state index contributed by atoms with van der Waals surface area (Å²) in [6, 6.07) is 1.81. The van der Waals surface area contributed by atoms with Gasteiger partial charge in [-0.25, -0.2) is 9.50 Å². The molecule has 0 spiro atoms. The van der Waals surface area contributed by atoms with Crippen LogP contribution in [0.2, 0.25) is 0 Å². The van der Waals surface area contributed by atoms with E-state index in [-0.39, 0.29) is 5.91 Å². The molecule has 1 aliphatic heterocycles. The van der Waals surface area contributed by atoms with Gasteiger partial charge in [0.1, 0.15) is 11.3 Å². The third-order valence-electron chi connectivity index (χ3n) is 3.85. The molecule has 0 saturated carbocycles. The van der Waals surface area contributed by atoms with E-state index >= 15 is 0 Å². The van der Waals surface area contributed by atoms with Crippen LogP contribution in [0.3, 0.4) is 0 Å². The lowest BCUT2D eigenvalue weighted by Gasteiger charge is -2.13. The van der Waals surface area contributed by atoms with Gasteiger partial charge in [0.2, 0.25) is 0 Å². The Labute approximate surface area is 126 Å². The molecule has 1 saturated heterocycles. The summed E-state index contributed by atoms with van der Waals surface area (Å²) in [6.45, 7) is 1.61. The summed E-state index contributed by atoms with van der Waals surface area (Å²) in [5.74, 6) is -0.00343. The van der Waals surface area contributed by atoms with Crippen molar-refractivity contribution in [2.45, 2.75) is 12.8 Å². The number of aromatic nitrogens is 5. The molecule has 22 heavy (non-hydrogen) atoms. The molecule has 110 valence electrons. The highest BCUT2D eigenvalue weighted by Gasteiger charge is 2.24. The molecule has 0 aromatic carbocycles. The van der Waals surface area contributed by atoms with Gasteiger partial charge in [-0.2, -0.15) is 5.10 Å². The van der Waals surface area contributed by atoms with E-state index in [0.29, 0.717) is 16.9 Å². The van der Waals surface area contributed by atoms with Crippen molar-refractivity contribution in [3.05, 3.63) is 42.6 Å². The standard InChI is InChI=1S/C15H14N6O/c22-15(20-7-1-2-8-20)11-9-19-21-13(3-4-18-14(11)21)12-10-16-5-6-17-12/h3-6,9-10H,1-2,7-8H2. The van der Waals surface area contributed by atoms with Gasteiger partial charge in [-0.1, -0.05) is 0 Å². The fourth-order valence-corrected chi connectivity index (χ4v) is 2.76. The van der Waals surface area contributed by atoms with Gasteiger partial charge < -0.3 is 4.90 Å². The molecule has 0 N–H and O–H groups in total. The molecule has 1 fully saturated rings.